The average molecular weight is 192 g/mol. The van der Waals surface area contributed by atoms with Crippen LogP contribution < -0.4 is 0 Å². The van der Waals surface area contributed by atoms with E-state index in [2.05, 4.69) is 33.6 Å². The molecule has 1 rings (SSSR count). The maximum absolute atomic E-state index is 2.58. The summed E-state index contributed by atoms with van der Waals surface area (Å²) in [6.07, 6.45) is 3.18. The fraction of sp³-hybridized carbons (Fsp3) is 1.00. The second-order valence-corrected chi connectivity index (χ2v) is 15.2. The van der Waals surface area contributed by atoms with Crippen LogP contribution >= 0.6 is 14.5 Å². The van der Waals surface area contributed by atoms with Gasteiger partial charge in [0.05, 0.1) is 39.0 Å². The van der Waals surface area contributed by atoms with Gasteiger partial charge < -0.3 is 0 Å². The Labute approximate surface area is 72.8 Å². The lowest BCUT2D eigenvalue weighted by Gasteiger charge is -2.37. The van der Waals surface area contributed by atoms with Crippen LogP contribution in [0, 0.1) is 5.92 Å². The molecule has 0 aromatic heterocycles. The Morgan fingerprint density at radius 3 is 2.00 bits per heavy atom. The average Bonchev–Trinajstić information content (AvgIpc) is 1.53. The molecule has 1 heterocycles. The van der Waals surface area contributed by atoms with Crippen molar-refractivity contribution in [1.29, 1.82) is 0 Å². The molecule has 0 N–H and O–H groups in total. The molecular formula is C9H22P2+2. The summed E-state index contributed by atoms with van der Waals surface area (Å²) in [4.78, 5) is 0. The summed E-state index contributed by atoms with van der Waals surface area (Å²) in [7, 11) is -0.851. The fourth-order valence-corrected chi connectivity index (χ4v) is 14.6. The molecule has 0 aromatic rings. The molecule has 0 saturated carbocycles. The molecule has 0 aliphatic carbocycles. The highest BCUT2D eigenvalue weighted by molar-refractivity contribution is 7.91. The van der Waals surface area contributed by atoms with Gasteiger partial charge in [-0.05, 0) is 0 Å². The molecule has 1 aliphatic rings. The quantitative estimate of drug-likeness (QED) is 0.589. The first-order chi connectivity index (χ1) is 4.81. The molecule has 0 bridgehead atoms. The highest BCUT2D eigenvalue weighted by atomic mass is 31.2. The molecule has 11 heavy (non-hydrogen) atoms. The first kappa shape index (κ1) is 9.94. The second kappa shape index (κ2) is 2.97. The van der Waals surface area contributed by atoms with Crippen molar-refractivity contribution in [3.8, 4) is 0 Å². The standard InChI is InChI=1S/C9H22P2/c1-9-6-11(5,7-9)8-10(2,3)4/h9H,6-8H2,1-5H3/q+2. The van der Waals surface area contributed by atoms with Crippen LogP contribution in [-0.2, 0) is 0 Å². The van der Waals surface area contributed by atoms with Gasteiger partial charge in [0.2, 0.25) is 0 Å². The van der Waals surface area contributed by atoms with E-state index in [-0.39, 0.29) is 7.26 Å². The minimum absolute atomic E-state index is 0.371. The van der Waals surface area contributed by atoms with E-state index < -0.39 is 7.26 Å². The number of hydrogen-bond donors (Lipinski definition) is 0. The van der Waals surface area contributed by atoms with Gasteiger partial charge in [0, 0.05) is 20.4 Å². The van der Waals surface area contributed by atoms with E-state index in [1.54, 1.807) is 18.2 Å². The Balaban J connectivity index is 2.38. The largest absolute Gasteiger partial charge is 0.158 e. The van der Waals surface area contributed by atoms with Gasteiger partial charge in [-0.1, -0.05) is 6.92 Å². The topological polar surface area (TPSA) is 0 Å². The zero-order valence-corrected chi connectivity index (χ0v) is 10.4. The lowest BCUT2D eigenvalue weighted by Crippen LogP contribution is -2.28. The third-order valence-corrected chi connectivity index (χ3v) is 11.4. The normalized spacial score (nSPS) is 38.5. The SMILES string of the molecule is CC1C[P+](C)(C[P+](C)(C)C)C1. The molecule has 0 radical (unpaired) electrons. The zero-order chi connectivity index (χ0) is 8.70. The molecule has 0 aromatic carbocycles. The van der Waals surface area contributed by atoms with Crippen molar-refractivity contribution >= 4 is 14.5 Å². The van der Waals surface area contributed by atoms with Gasteiger partial charge in [0.1, 0.15) is 0 Å². The summed E-state index contributed by atoms with van der Waals surface area (Å²) >= 11 is 0. The first-order valence-corrected chi connectivity index (χ1v) is 10.6. The molecule has 0 spiro atoms. The number of hydrogen-bond acceptors (Lipinski definition) is 0. The van der Waals surface area contributed by atoms with Gasteiger partial charge in [0.25, 0.3) is 0 Å². The van der Waals surface area contributed by atoms with Crippen LogP contribution in [0.1, 0.15) is 6.92 Å². The van der Waals surface area contributed by atoms with Crippen LogP contribution in [0.25, 0.3) is 0 Å². The lowest BCUT2D eigenvalue weighted by molar-refractivity contribution is 0.691. The predicted molar refractivity (Wildman–Crippen MR) is 61.3 cm³/mol. The molecule has 0 unspecified atom stereocenters. The van der Waals surface area contributed by atoms with E-state index in [1.165, 1.54) is 0 Å². The fourth-order valence-electron chi connectivity index (χ4n) is 2.59. The lowest BCUT2D eigenvalue weighted by atomic mass is 10.2. The van der Waals surface area contributed by atoms with E-state index in [4.69, 9.17) is 0 Å². The van der Waals surface area contributed by atoms with E-state index in [0.29, 0.717) is 0 Å². The van der Waals surface area contributed by atoms with Gasteiger partial charge in [-0.3, -0.25) is 0 Å². The van der Waals surface area contributed by atoms with Crippen LogP contribution in [0.2, 0.25) is 0 Å². The Kier molecular flexibility index (Phi) is 2.68. The van der Waals surface area contributed by atoms with Crippen molar-refractivity contribution in [1.82, 2.24) is 0 Å². The molecule has 0 atom stereocenters. The Morgan fingerprint density at radius 2 is 1.73 bits per heavy atom. The molecule has 0 nitrogen and oxygen atoms in total. The summed E-state index contributed by atoms with van der Waals surface area (Å²) in [6, 6.07) is 0. The number of rotatable bonds is 2. The summed E-state index contributed by atoms with van der Waals surface area (Å²) < 4.78 is 0. The van der Waals surface area contributed by atoms with Crippen LogP contribution in [0.4, 0.5) is 0 Å². The molecule has 0 amide bonds. The second-order valence-electron chi connectivity index (χ2n) is 5.52. The summed E-state index contributed by atoms with van der Waals surface area (Å²) in [6.45, 7) is 12.4. The van der Waals surface area contributed by atoms with Gasteiger partial charge in [0.15, 0.2) is 5.90 Å². The van der Waals surface area contributed by atoms with Crippen molar-refractivity contribution in [3.63, 3.8) is 0 Å². The molecule has 1 saturated heterocycles. The third kappa shape index (κ3) is 3.00. The van der Waals surface area contributed by atoms with Gasteiger partial charge >= 0.3 is 0 Å². The zero-order valence-electron chi connectivity index (χ0n) is 8.59. The smallest absolute Gasteiger partial charge is 0.0555 e. The van der Waals surface area contributed by atoms with Gasteiger partial charge in [-0.2, -0.15) is 0 Å². The van der Waals surface area contributed by atoms with Crippen LogP contribution in [0.3, 0.4) is 0 Å². The predicted octanol–water partition coefficient (Wildman–Crippen LogP) is 3.15. The Hall–Kier alpha value is 0.860. The molecule has 1 aliphatic heterocycles. The van der Waals surface area contributed by atoms with Crippen LogP contribution in [-0.4, -0.2) is 44.9 Å². The van der Waals surface area contributed by atoms with Crippen molar-refractivity contribution in [3.05, 3.63) is 0 Å². The summed E-state index contributed by atoms with van der Waals surface area (Å²) in [5.74, 6) is 2.67. The van der Waals surface area contributed by atoms with Crippen LogP contribution in [0.5, 0.6) is 0 Å². The summed E-state index contributed by atoms with van der Waals surface area (Å²) in [5, 5.41) is 0. The van der Waals surface area contributed by atoms with Gasteiger partial charge in [-0.25, -0.2) is 0 Å². The Bertz CT molecular complexity index is 140. The van der Waals surface area contributed by atoms with Crippen LogP contribution in [0.15, 0.2) is 0 Å². The van der Waals surface area contributed by atoms with E-state index in [1.807, 2.05) is 0 Å². The molecule has 1 fully saturated rings. The van der Waals surface area contributed by atoms with E-state index >= 15 is 0 Å². The summed E-state index contributed by atoms with van der Waals surface area (Å²) in [5.41, 5.74) is 0. The van der Waals surface area contributed by atoms with Gasteiger partial charge in [-0.15, -0.1) is 0 Å². The molecule has 66 valence electrons. The third-order valence-electron chi connectivity index (χ3n) is 2.27. The molecule has 2 heteroatoms. The van der Waals surface area contributed by atoms with E-state index in [9.17, 15) is 0 Å². The Morgan fingerprint density at radius 1 is 1.27 bits per heavy atom. The highest BCUT2D eigenvalue weighted by Gasteiger charge is 2.50. The highest BCUT2D eigenvalue weighted by Crippen LogP contribution is 2.74. The minimum atomic E-state index is -0.480. The van der Waals surface area contributed by atoms with E-state index in [0.717, 1.165) is 5.92 Å². The monoisotopic (exact) mass is 192 g/mol. The maximum atomic E-state index is 2.58. The minimum Gasteiger partial charge on any atom is -0.0555 e. The van der Waals surface area contributed by atoms with Crippen molar-refractivity contribution in [2.45, 2.75) is 6.92 Å². The van der Waals surface area contributed by atoms with Crippen molar-refractivity contribution in [2.75, 3.05) is 44.9 Å². The maximum Gasteiger partial charge on any atom is 0.158 e. The first-order valence-electron chi connectivity index (χ1n) is 4.45. The van der Waals surface area contributed by atoms with Crippen molar-refractivity contribution in [2.24, 2.45) is 5.92 Å². The molecular weight excluding hydrogens is 170 g/mol. The van der Waals surface area contributed by atoms with Crippen molar-refractivity contribution < 1.29 is 0 Å².